The van der Waals surface area contributed by atoms with Gasteiger partial charge in [-0.25, -0.2) is 13.2 Å². The summed E-state index contributed by atoms with van der Waals surface area (Å²) in [5, 5.41) is 16.6. The summed E-state index contributed by atoms with van der Waals surface area (Å²) >= 11 is 0. The Bertz CT molecular complexity index is 1810. The van der Waals surface area contributed by atoms with Gasteiger partial charge in [0.25, 0.3) is 0 Å². The van der Waals surface area contributed by atoms with Crippen molar-refractivity contribution in [1.29, 1.82) is 0 Å². The van der Waals surface area contributed by atoms with Gasteiger partial charge >= 0.3 is 5.97 Å². The van der Waals surface area contributed by atoms with Gasteiger partial charge < -0.3 is 15.7 Å². The summed E-state index contributed by atoms with van der Waals surface area (Å²) in [6.45, 7) is 20.0. The summed E-state index contributed by atoms with van der Waals surface area (Å²) in [5.41, 5.74) is 3.34. The monoisotopic (exact) mass is 813 g/mol. The highest BCUT2D eigenvalue weighted by Gasteiger charge is 2.69. The molecule has 1 amide bonds. The van der Waals surface area contributed by atoms with E-state index in [0.29, 0.717) is 42.1 Å². The molecule has 0 bridgehead atoms. The summed E-state index contributed by atoms with van der Waals surface area (Å²) in [7, 11) is -3.01. The molecule has 318 valence electrons. The van der Waals surface area contributed by atoms with Crippen molar-refractivity contribution in [2.24, 2.45) is 45.3 Å². The van der Waals surface area contributed by atoms with Crippen molar-refractivity contribution in [2.45, 2.75) is 143 Å². The molecule has 7 rings (SSSR count). The third-order valence-corrected chi connectivity index (χ3v) is 17.9. The summed E-state index contributed by atoms with van der Waals surface area (Å²) in [6.07, 6.45) is 41.1. The molecular formula is C50H72N2O5S. The minimum Gasteiger partial charge on any atom is -0.478 e. The Labute approximate surface area is 352 Å². The number of amides is 1. The predicted molar refractivity (Wildman–Crippen MR) is 240 cm³/mol. The minimum absolute atomic E-state index is 0.0131. The molecule has 8 heteroatoms. The van der Waals surface area contributed by atoms with Gasteiger partial charge in [-0.2, -0.15) is 0 Å². The van der Waals surface area contributed by atoms with Gasteiger partial charge in [-0.1, -0.05) is 72.2 Å². The Hall–Kier alpha value is -3.77. The number of hydrogen-bond acceptors (Lipinski definition) is 5. The molecule has 0 radical (unpaired) electrons. The quantitative estimate of drug-likeness (QED) is 0.187. The minimum atomic E-state index is -3.01. The number of carbonyl (C=O) groups is 2. The van der Waals surface area contributed by atoms with Crippen molar-refractivity contribution >= 4 is 27.3 Å². The fourth-order valence-electron chi connectivity index (χ4n) is 13.6. The molecule has 10 atom stereocenters. The number of nitrogens with one attached hydrogen (secondary N) is 2. The lowest BCUT2D eigenvalue weighted by Gasteiger charge is -2.72. The molecule has 4 saturated carbocycles. The van der Waals surface area contributed by atoms with E-state index in [1.165, 1.54) is 37.7 Å². The first-order valence-corrected chi connectivity index (χ1v) is 23.1. The molecule has 7 nitrogen and oxygen atoms in total. The maximum atomic E-state index is 13.9. The van der Waals surface area contributed by atoms with Crippen LogP contribution in [0, 0.1) is 83.9 Å². The third kappa shape index (κ3) is 8.60. The van der Waals surface area contributed by atoms with Gasteiger partial charge in [-0.15, -0.1) is 45.1 Å². The standard InChI is InChI=1S/C41H60N2O5S.C3H6.3C2H2/c1-7-32(42-28-18-24-49(47,48)25-28)35(44)43-41-19-8-9-31(41)30-14-15-34-38(4)20-16-29(26-10-12-27(13-11-26)36(45)46)37(2,3)33(38)17-21-40(34,6)39(30,5)22-23-41;1-3-2;3*1-2/h10-13,16,28,30-34,42H,7-9,14-15,17-25H2,1-6H3,(H,43,44)(H,45,46);3H,1H2,2H3;3*1-2H/t28?,30-,31?,32?,33?,34?,38+,39-,40-,41+;;;;/m1..../s1. The zero-order chi connectivity index (χ0) is 43.9. The fourth-order valence-corrected chi connectivity index (χ4v) is 15.3. The van der Waals surface area contributed by atoms with Crippen LogP contribution in [0.3, 0.4) is 0 Å². The number of allylic oxidation sites excluding steroid dienone is 3. The van der Waals surface area contributed by atoms with Crippen LogP contribution in [-0.2, 0) is 14.6 Å². The Balaban J connectivity index is 0.000000930. The number of carbonyl (C=O) groups excluding carboxylic acids is 1. The van der Waals surface area contributed by atoms with Crippen molar-refractivity contribution in [3.63, 3.8) is 0 Å². The largest absolute Gasteiger partial charge is 0.478 e. The van der Waals surface area contributed by atoms with Crippen molar-refractivity contribution in [1.82, 2.24) is 10.6 Å². The second-order valence-corrected chi connectivity index (χ2v) is 21.1. The summed E-state index contributed by atoms with van der Waals surface area (Å²) in [6, 6.07) is 7.02. The van der Waals surface area contributed by atoms with E-state index >= 15 is 0 Å². The highest BCUT2D eigenvalue weighted by Crippen LogP contribution is 2.76. The van der Waals surface area contributed by atoms with E-state index in [4.69, 9.17) is 0 Å². The Morgan fingerprint density at radius 1 is 0.862 bits per heavy atom. The molecule has 1 aromatic carbocycles. The maximum Gasteiger partial charge on any atom is 0.335 e. The maximum absolute atomic E-state index is 13.9. The summed E-state index contributed by atoms with van der Waals surface area (Å²) in [4.78, 5) is 25.5. The number of rotatable bonds is 7. The fraction of sp³-hybridized carbons (Fsp3) is 0.640. The van der Waals surface area contributed by atoms with E-state index in [1.54, 1.807) is 18.2 Å². The zero-order valence-corrected chi connectivity index (χ0v) is 37.3. The van der Waals surface area contributed by atoms with Crippen LogP contribution < -0.4 is 10.6 Å². The predicted octanol–water partition coefficient (Wildman–Crippen LogP) is 9.60. The van der Waals surface area contributed by atoms with Crippen LogP contribution in [0.15, 0.2) is 43.0 Å². The molecule has 3 N–H and O–H groups in total. The van der Waals surface area contributed by atoms with Gasteiger partial charge in [0, 0.05) is 11.6 Å². The molecule has 58 heavy (non-hydrogen) atoms. The first-order valence-electron chi connectivity index (χ1n) is 21.3. The number of carboxylic acids is 1. The molecule has 5 aliphatic carbocycles. The molecular weight excluding hydrogens is 741 g/mol. The van der Waals surface area contributed by atoms with E-state index in [1.807, 2.05) is 26.0 Å². The third-order valence-electron chi connectivity index (χ3n) is 16.1. The van der Waals surface area contributed by atoms with E-state index in [9.17, 15) is 23.1 Å². The number of sulfone groups is 1. The Kier molecular flexibility index (Phi) is 16.0. The highest BCUT2D eigenvalue weighted by atomic mass is 32.2. The lowest BCUT2D eigenvalue weighted by molar-refractivity contribution is -0.217. The topological polar surface area (TPSA) is 113 Å². The number of aromatic carboxylic acids is 1. The summed E-state index contributed by atoms with van der Waals surface area (Å²) in [5.74, 6) is 1.81. The summed E-state index contributed by atoms with van der Waals surface area (Å²) < 4.78 is 24.2. The highest BCUT2D eigenvalue weighted by molar-refractivity contribution is 7.91. The zero-order valence-electron chi connectivity index (χ0n) is 36.5. The van der Waals surface area contributed by atoms with Crippen molar-refractivity contribution in [2.75, 3.05) is 11.5 Å². The van der Waals surface area contributed by atoms with Crippen LogP contribution in [0.25, 0.3) is 5.57 Å². The van der Waals surface area contributed by atoms with Gasteiger partial charge in [0.2, 0.25) is 5.91 Å². The van der Waals surface area contributed by atoms with Gasteiger partial charge in [-0.05, 0) is 146 Å². The molecule has 5 fully saturated rings. The average Bonchev–Trinajstić information content (AvgIpc) is 3.78. The molecule has 0 aromatic heterocycles. The van der Waals surface area contributed by atoms with Crippen LogP contribution in [-0.4, -0.2) is 54.5 Å². The van der Waals surface area contributed by atoms with Crippen molar-refractivity contribution < 1.29 is 23.1 Å². The lowest BCUT2D eigenvalue weighted by atomic mass is 9.33. The van der Waals surface area contributed by atoms with Crippen LogP contribution in [0.5, 0.6) is 0 Å². The number of fused-ring (bicyclic) bond motifs is 7. The first kappa shape index (κ1) is 48.6. The Morgan fingerprint density at radius 2 is 1.48 bits per heavy atom. The second kappa shape index (κ2) is 19.1. The SMILES string of the molecule is C#C.C#C.C#C.C=CC.CCC(NC1CCS(=O)(=O)C1)C(=O)N[C@]12CCCC1[C@H]1CCC3[C@@]4(C)CC=C(c5ccc(C(=O)O)cc5)C(C)(C)C4CC[C@@]3(C)[C@]1(C)CC2. The van der Waals surface area contributed by atoms with Crippen LogP contribution in [0.2, 0.25) is 0 Å². The normalized spacial score (nSPS) is 36.2. The molecule has 0 spiro atoms. The van der Waals surface area contributed by atoms with E-state index in [-0.39, 0.29) is 56.7 Å². The van der Waals surface area contributed by atoms with Gasteiger partial charge in [0.1, 0.15) is 0 Å². The van der Waals surface area contributed by atoms with Crippen molar-refractivity contribution in [3.05, 3.63) is 54.1 Å². The number of benzene rings is 1. The molecule has 5 unspecified atom stereocenters. The molecule has 1 aromatic rings. The number of hydrogen-bond donors (Lipinski definition) is 3. The number of carboxylic acid groups (broad SMARTS) is 1. The lowest BCUT2D eigenvalue weighted by Crippen LogP contribution is -2.68. The van der Waals surface area contributed by atoms with Crippen LogP contribution in [0.4, 0.5) is 0 Å². The number of terminal acetylenes is 3. The van der Waals surface area contributed by atoms with Crippen LogP contribution in [0.1, 0.15) is 141 Å². The van der Waals surface area contributed by atoms with Gasteiger partial charge in [-0.3, -0.25) is 4.79 Å². The van der Waals surface area contributed by atoms with E-state index in [0.717, 1.165) is 37.7 Å². The van der Waals surface area contributed by atoms with E-state index in [2.05, 4.69) is 96.4 Å². The van der Waals surface area contributed by atoms with E-state index < -0.39 is 15.8 Å². The van der Waals surface area contributed by atoms with Crippen molar-refractivity contribution in [3.8, 4) is 38.5 Å². The Morgan fingerprint density at radius 3 is 2.03 bits per heavy atom. The molecule has 1 aliphatic heterocycles. The van der Waals surface area contributed by atoms with Crippen LogP contribution >= 0.6 is 0 Å². The smallest absolute Gasteiger partial charge is 0.335 e. The van der Waals surface area contributed by atoms with Gasteiger partial charge in [0.15, 0.2) is 9.84 Å². The second-order valence-electron chi connectivity index (χ2n) is 18.9. The first-order chi connectivity index (χ1) is 27.4. The molecule has 1 heterocycles. The molecule has 6 aliphatic rings. The molecule has 1 saturated heterocycles. The average molecular weight is 813 g/mol. The van der Waals surface area contributed by atoms with Gasteiger partial charge in [0.05, 0.1) is 23.1 Å².